The highest BCUT2D eigenvalue weighted by molar-refractivity contribution is 7.07. The van der Waals surface area contributed by atoms with Gasteiger partial charge in [0.15, 0.2) is 0 Å². The molecule has 0 atom stereocenters. The minimum Gasteiger partial charge on any atom is -0.352 e. The Morgan fingerprint density at radius 2 is 2.12 bits per heavy atom. The molecule has 0 saturated heterocycles. The monoisotopic (exact) mass is 245 g/mol. The highest BCUT2D eigenvalue weighted by Gasteiger charge is 2.04. The zero-order chi connectivity index (χ0) is 12.1. The molecule has 0 saturated carbocycles. The predicted octanol–water partition coefficient (Wildman–Crippen LogP) is 2.92. The Kier molecular flexibility index (Phi) is 3.94. The van der Waals surface area contributed by atoms with Crippen LogP contribution in [0.3, 0.4) is 0 Å². The van der Waals surface area contributed by atoms with E-state index in [0.717, 1.165) is 5.56 Å². The zero-order valence-electron chi connectivity index (χ0n) is 9.77. The summed E-state index contributed by atoms with van der Waals surface area (Å²) in [5, 5.41) is 6.94. The third-order valence-electron chi connectivity index (χ3n) is 2.68. The number of nitrogens with one attached hydrogen (secondary N) is 1. The summed E-state index contributed by atoms with van der Waals surface area (Å²) in [4.78, 5) is 11.7. The molecule has 1 N–H and O–H groups in total. The fraction of sp³-hybridized carbons (Fsp3) is 0.214. The Balaban J connectivity index is 1.86. The summed E-state index contributed by atoms with van der Waals surface area (Å²) < 4.78 is 0. The molecule has 2 aromatic rings. The first kappa shape index (κ1) is 11.9. The second kappa shape index (κ2) is 5.64. The number of amides is 1. The van der Waals surface area contributed by atoms with E-state index in [-0.39, 0.29) is 5.91 Å². The summed E-state index contributed by atoms with van der Waals surface area (Å²) in [5.74, 6) is 0.0756. The van der Waals surface area contributed by atoms with Crippen molar-refractivity contribution >= 4 is 17.2 Å². The third kappa shape index (κ3) is 3.43. The van der Waals surface area contributed by atoms with Gasteiger partial charge in [0.05, 0.1) is 6.42 Å². The van der Waals surface area contributed by atoms with Crippen molar-refractivity contribution in [2.75, 3.05) is 0 Å². The van der Waals surface area contributed by atoms with Crippen LogP contribution >= 0.6 is 11.3 Å². The third-order valence-corrected chi connectivity index (χ3v) is 3.41. The van der Waals surface area contributed by atoms with Crippen molar-refractivity contribution < 1.29 is 4.79 Å². The maximum Gasteiger partial charge on any atom is 0.224 e. The Bertz CT molecular complexity index is 491. The molecule has 1 heterocycles. The van der Waals surface area contributed by atoms with Gasteiger partial charge in [0.25, 0.3) is 0 Å². The van der Waals surface area contributed by atoms with Crippen molar-refractivity contribution in [3.63, 3.8) is 0 Å². The van der Waals surface area contributed by atoms with E-state index in [1.807, 2.05) is 35.0 Å². The Hall–Kier alpha value is -1.61. The molecule has 0 radical (unpaired) electrons. The van der Waals surface area contributed by atoms with Crippen LogP contribution in [-0.2, 0) is 17.8 Å². The molecule has 0 unspecified atom stereocenters. The minimum atomic E-state index is 0.0756. The summed E-state index contributed by atoms with van der Waals surface area (Å²) in [5.41, 5.74) is 3.46. The van der Waals surface area contributed by atoms with Gasteiger partial charge in [-0.1, -0.05) is 24.3 Å². The maximum atomic E-state index is 11.7. The lowest BCUT2D eigenvalue weighted by Gasteiger charge is -2.07. The van der Waals surface area contributed by atoms with Crippen molar-refractivity contribution in [1.82, 2.24) is 5.32 Å². The van der Waals surface area contributed by atoms with Crippen molar-refractivity contribution in [1.29, 1.82) is 0 Å². The molecular weight excluding hydrogens is 230 g/mol. The Morgan fingerprint density at radius 1 is 1.29 bits per heavy atom. The van der Waals surface area contributed by atoms with Gasteiger partial charge >= 0.3 is 0 Å². The van der Waals surface area contributed by atoms with Crippen LogP contribution in [-0.4, -0.2) is 5.91 Å². The zero-order valence-corrected chi connectivity index (χ0v) is 10.6. The number of hydrogen-bond acceptors (Lipinski definition) is 2. The lowest BCUT2D eigenvalue weighted by molar-refractivity contribution is -0.120. The average Bonchev–Trinajstić information content (AvgIpc) is 2.81. The quantitative estimate of drug-likeness (QED) is 0.881. The highest BCUT2D eigenvalue weighted by atomic mass is 32.1. The SMILES string of the molecule is Cc1ccccc1CNC(=O)Cc1ccsc1. The molecule has 1 aromatic heterocycles. The van der Waals surface area contributed by atoms with Crippen molar-refractivity contribution in [2.45, 2.75) is 19.9 Å². The molecule has 0 fully saturated rings. The predicted molar refractivity (Wildman–Crippen MR) is 71.0 cm³/mol. The van der Waals surface area contributed by atoms with E-state index in [9.17, 15) is 4.79 Å². The van der Waals surface area contributed by atoms with E-state index in [4.69, 9.17) is 0 Å². The number of carbonyl (C=O) groups excluding carboxylic acids is 1. The van der Waals surface area contributed by atoms with Crippen molar-refractivity contribution in [2.24, 2.45) is 0 Å². The van der Waals surface area contributed by atoms with E-state index >= 15 is 0 Å². The first-order chi connectivity index (χ1) is 8.25. The molecule has 0 aliphatic heterocycles. The molecule has 17 heavy (non-hydrogen) atoms. The molecule has 0 aliphatic rings. The minimum absolute atomic E-state index is 0.0756. The first-order valence-electron chi connectivity index (χ1n) is 5.58. The molecule has 0 spiro atoms. The van der Waals surface area contributed by atoms with Gasteiger partial charge in [-0.15, -0.1) is 0 Å². The highest BCUT2D eigenvalue weighted by Crippen LogP contribution is 2.08. The van der Waals surface area contributed by atoms with E-state index in [2.05, 4.69) is 18.3 Å². The molecule has 2 rings (SSSR count). The Morgan fingerprint density at radius 3 is 2.82 bits per heavy atom. The van der Waals surface area contributed by atoms with Gasteiger partial charge in [0.2, 0.25) is 5.91 Å². The van der Waals surface area contributed by atoms with Gasteiger partial charge in [-0.25, -0.2) is 0 Å². The second-order valence-electron chi connectivity index (χ2n) is 4.01. The van der Waals surface area contributed by atoms with Crippen LogP contribution in [0.15, 0.2) is 41.1 Å². The van der Waals surface area contributed by atoms with Gasteiger partial charge in [-0.05, 0) is 40.4 Å². The summed E-state index contributed by atoms with van der Waals surface area (Å²) in [6.07, 6.45) is 0.468. The number of carbonyl (C=O) groups is 1. The fourth-order valence-electron chi connectivity index (χ4n) is 1.64. The average molecular weight is 245 g/mol. The van der Waals surface area contributed by atoms with Gasteiger partial charge < -0.3 is 5.32 Å². The lowest BCUT2D eigenvalue weighted by atomic mass is 10.1. The number of thiophene rings is 1. The van der Waals surface area contributed by atoms with Gasteiger partial charge in [0, 0.05) is 6.54 Å². The van der Waals surface area contributed by atoms with Crippen LogP contribution < -0.4 is 5.32 Å². The van der Waals surface area contributed by atoms with Gasteiger partial charge in [-0.3, -0.25) is 4.79 Å². The van der Waals surface area contributed by atoms with Crippen molar-refractivity contribution in [3.05, 3.63) is 57.8 Å². The number of benzene rings is 1. The first-order valence-corrected chi connectivity index (χ1v) is 6.52. The summed E-state index contributed by atoms with van der Waals surface area (Å²) in [7, 11) is 0. The van der Waals surface area contributed by atoms with Crippen LogP contribution in [0.1, 0.15) is 16.7 Å². The largest absolute Gasteiger partial charge is 0.352 e. The summed E-state index contributed by atoms with van der Waals surface area (Å²) >= 11 is 1.62. The van der Waals surface area contributed by atoms with Gasteiger partial charge in [0.1, 0.15) is 0 Å². The fourth-order valence-corrected chi connectivity index (χ4v) is 2.31. The topological polar surface area (TPSA) is 29.1 Å². The lowest BCUT2D eigenvalue weighted by Crippen LogP contribution is -2.24. The number of aryl methyl sites for hydroxylation is 1. The maximum absolute atomic E-state index is 11.7. The normalized spacial score (nSPS) is 10.2. The standard InChI is InChI=1S/C14H15NOS/c1-11-4-2-3-5-13(11)9-15-14(16)8-12-6-7-17-10-12/h2-7,10H,8-9H2,1H3,(H,15,16). The second-order valence-corrected chi connectivity index (χ2v) is 4.79. The van der Waals surface area contributed by atoms with Crippen LogP contribution in [0.4, 0.5) is 0 Å². The molecule has 2 nitrogen and oxygen atoms in total. The van der Waals surface area contributed by atoms with Crippen LogP contribution in [0.5, 0.6) is 0 Å². The van der Waals surface area contributed by atoms with E-state index in [1.54, 1.807) is 11.3 Å². The van der Waals surface area contributed by atoms with E-state index in [1.165, 1.54) is 11.1 Å². The molecule has 88 valence electrons. The molecule has 0 bridgehead atoms. The number of rotatable bonds is 4. The summed E-state index contributed by atoms with van der Waals surface area (Å²) in [6, 6.07) is 10.1. The molecule has 1 aromatic carbocycles. The molecule has 0 aliphatic carbocycles. The molecule has 3 heteroatoms. The summed E-state index contributed by atoms with van der Waals surface area (Å²) in [6.45, 7) is 2.66. The van der Waals surface area contributed by atoms with Crippen LogP contribution in [0.2, 0.25) is 0 Å². The smallest absolute Gasteiger partial charge is 0.224 e. The molecule has 1 amide bonds. The van der Waals surface area contributed by atoms with E-state index in [0.29, 0.717) is 13.0 Å². The molecular formula is C14H15NOS. The van der Waals surface area contributed by atoms with Crippen LogP contribution in [0, 0.1) is 6.92 Å². The number of hydrogen-bond donors (Lipinski definition) is 1. The Labute approximate surface area is 105 Å². The van der Waals surface area contributed by atoms with E-state index < -0.39 is 0 Å². The van der Waals surface area contributed by atoms with Crippen molar-refractivity contribution in [3.8, 4) is 0 Å². The van der Waals surface area contributed by atoms with Crippen LogP contribution in [0.25, 0.3) is 0 Å². The van der Waals surface area contributed by atoms with Gasteiger partial charge in [-0.2, -0.15) is 11.3 Å².